The zero-order chi connectivity index (χ0) is 17.5. The van der Waals surface area contributed by atoms with Crippen molar-refractivity contribution < 1.29 is 28.5 Å². The molecule has 1 fully saturated rings. The van der Waals surface area contributed by atoms with Crippen molar-refractivity contribution in [3.05, 3.63) is 29.6 Å². The van der Waals surface area contributed by atoms with Gasteiger partial charge in [-0.1, -0.05) is 51.9 Å². The van der Waals surface area contributed by atoms with Crippen molar-refractivity contribution in [2.75, 3.05) is 13.6 Å². The van der Waals surface area contributed by atoms with Gasteiger partial charge in [0.2, 0.25) is 0 Å². The first kappa shape index (κ1) is 22.1. The summed E-state index contributed by atoms with van der Waals surface area (Å²) in [7, 11) is 2.32. The maximum absolute atomic E-state index is 2.59. The van der Waals surface area contributed by atoms with Gasteiger partial charge in [-0.3, -0.25) is 4.90 Å². The van der Waals surface area contributed by atoms with Crippen LogP contribution in [0.2, 0.25) is 0 Å². The summed E-state index contributed by atoms with van der Waals surface area (Å²) >= 11 is 0. The van der Waals surface area contributed by atoms with E-state index in [1.807, 2.05) is 0 Å². The molecule has 1 saturated heterocycles. The number of unbranched alkanes of at least 4 members (excludes halogenated alkanes) is 8. The van der Waals surface area contributed by atoms with Gasteiger partial charge < -0.3 is 24.0 Å². The lowest BCUT2D eigenvalue weighted by Gasteiger charge is -2.30. The standard InChI is InChI=1S/C23H39N2.HI/c1-3-4-5-6-7-8-9-10-11-16-25-18-15-20-12-13-21-14-17-24(2)23(21)22(20)19-25;/h15,18-19,21,23H,3-14,16-17H2,1-2H3;1H/q+1;/p-1/t21-,23+;/m1./s1. The monoisotopic (exact) mass is 470 g/mol. The van der Waals surface area contributed by atoms with Crippen LogP contribution in [0.3, 0.4) is 0 Å². The number of aromatic nitrogens is 1. The Morgan fingerprint density at radius 1 is 1.00 bits per heavy atom. The number of pyridine rings is 1. The lowest BCUT2D eigenvalue weighted by Crippen LogP contribution is -3.00. The first-order chi connectivity index (χ1) is 12.3. The summed E-state index contributed by atoms with van der Waals surface area (Å²) < 4.78 is 2.47. The average Bonchev–Trinajstić information content (AvgIpc) is 3.02. The number of halogens is 1. The normalized spacial score (nSPS) is 21.9. The topological polar surface area (TPSA) is 7.12 Å². The zero-order valence-electron chi connectivity index (χ0n) is 17.1. The van der Waals surface area contributed by atoms with Gasteiger partial charge in [0, 0.05) is 24.1 Å². The molecule has 2 aliphatic rings. The maximum atomic E-state index is 2.59. The molecular weight excluding hydrogens is 431 g/mol. The second kappa shape index (κ2) is 11.6. The van der Waals surface area contributed by atoms with E-state index in [9.17, 15) is 0 Å². The fourth-order valence-corrected chi connectivity index (χ4v) is 4.99. The molecule has 0 spiro atoms. The van der Waals surface area contributed by atoms with Gasteiger partial charge in [0.1, 0.15) is 6.54 Å². The highest BCUT2D eigenvalue weighted by Crippen LogP contribution is 2.43. The van der Waals surface area contributed by atoms with Crippen molar-refractivity contribution in [1.29, 1.82) is 0 Å². The molecule has 148 valence electrons. The number of hydrogen-bond acceptors (Lipinski definition) is 1. The van der Waals surface area contributed by atoms with Crippen LogP contribution in [-0.2, 0) is 13.0 Å². The predicted molar refractivity (Wildman–Crippen MR) is 106 cm³/mol. The van der Waals surface area contributed by atoms with Crippen molar-refractivity contribution in [1.82, 2.24) is 4.90 Å². The molecule has 0 amide bonds. The minimum atomic E-state index is 0. The highest BCUT2D eigenvalue weighted by Gasteiger charge is 2.38. The van der Waals surface area contributed by atoms with E-state index >= 15 is 0 Å². The maximum Gasteiger partial charge on any atom is 0.173 e. The third kappa shape index (κ3) is 5.92. The van der Waals surface area contributed by atoms with E-state index in [0.717, 1.165) is 5.92 Å². The van der Waals surface area contributed by atoms with Gasteiger partial charge in [0.25, 0.3) is 0 Å². The van der Waals surface area contributed by atoms with Crippen molar-refractivity contribution in [3.63, 3.8) is 0 Å². The molecule has 1 aliphatic heterocycles. The molecule has 3 heteroatoms. The second-order valence-electron chi connectivity index (χ2n) is 8.50. The van der Waals surface area contributed by atoms with E-state index in [4.69, 9.17) is 0 Å². The Balaban J connectivity index is 0.00000243. The fourth-order valence-electron chi connectivity index (χ4n) is 4.99. The third-order valence-corrected chi connectivity index (χ3v) is 6.54. The third-order valence-electron chi connectivity index (χ3n) is 6.54. The lowest BCUT2D eigenvalue weighted by molar-refractivity contribution is -0.698. The van der Waals surface area contributed by atoms with Gasteiger partial charge >= 0.3 is 0 Å². The first-order valence-electron chi connectivity index (χ1n) is 11.0. The van der Waals surface area contributed by atoms with Crippen LogP contribution in [0.4, 0.5) is 0 Å². The van der Waals surface area contributed by atoms with Crippen LogP contribution in [0, 0.1) is 5.92 Å². The highest BCUT2D eigenvalue weighted by molar-refractivity contribution is 5.29. The number of aryl methyl sites for hydroxylation is 2. The fraction of sp³-hybridized carbons (Fsp3) is 0.783. The molecule has 2 nitrogen and oxygen atoms in total. The Kier molecular flexibility index (Phi) is 9.90. The van der Waals surface area contributed by atoms with Crippen LogP contribution in [0.1, 0.15) is 94.7 Å². The summed E-state index contributed by atoms with van der Waals surface area (Å²) in [5, 5.41) is 0. The van der Waals surface area contributed by atoms with Gasteiger partial charge in [-0.25, -0.2) is 4.57 Å². The van der Waals surface area contributed by atoms with Crippen molar-refractivity contribution >= 4 is 0 Å². The lowest BCUT2D eigenvalue weighted by atomic mass is 9.81. The van der Waals surface area contributed by atoms with E-state index < -0.39 is 0 Å². The molecular formula is C23H39IN2. The summed E-state index contributed by atoms with van der Waals surface area (Å²) in [6.07, 6.45) is 21.6. The van der Waals surface area contributed by atoms with Crippen LogP contribution >= 0.6 is 0 Å². The summed E-state index contributed by atoms with van der Waals surface area (Å²) in [4.78, 5) is 2.59. The Hall–Kier alpha value is -0.160. The smallest absolute Gasteiger partial charge is 0.173 e. The Morgan fingerprint density at radius 2 is 1.69 bits per heavy atom. The summed E-state index contributed by atoms with van der Waals surface area (Å²) in [6.45, 7) is 4.77. The van der Waals surface area contributed by atoms with Gasteiger partial charge in [-0.2, -0.15) is 0 Å². The van der Waals surface area contributed by atoms with Crippen LogP contribution in [-0.4, -0.2) is 18.5 Å². The number of likely N-dealkylation sites (tertiary alicyclic amines) is 1. The molecule has 0 N–H and O–H groups in total. The highest BCUT2D eigenvalue weighted by atomic mass is 127. The zero-order valence-corrected chi connectivity index (χ0v) is 19.2. The SMILES string of the molecule is CCCCCCCCCCC[n+]1ccc2c(c1)[C@@H]1[C@H](CC2)CCN1C.[I-]. The molecule has 0 saturated carbocycles. The summed E-state index contributed by atoms with van der Waals surface area (Å²) in [5.41, 5.74) is 3.24. The average molecular weight is 470 g/mol. The van der Waals surface area contributed by atoms with Crippen LogP contribution in [0.15, 0.2) is 18.5 Å². The largest absolute Gasteiger partial charge is 1.00 e. The number of hydrogen-bond donors (Lipinski definition) is 0. The molecule has 1 aliphatic carbocycles. The second-order valence-corrected chi connectivity index (χ2v) is 8.50. The molecule has 0 unspecified atom stereocenters. The van der Waals surface area contributed by atoms with Crippen molar-refractivity contribution in [3.8, 4) is 0 Å². The quantitative estimate of drug-likeness (QED) is 0.290. The number of rotatable bonds is 10. The van der Waals surface area contributed by atoms with Crippen molar-refractivity contribution in [2.24, 2.45) is 5.92 Å². The van der Waals surface area contributed by atoms with E-state index in [-0.39, 0.29) is 24.0 Å². The molecule has 2 heterocycles. The van der Waals surface area contributed by atoms with Crippen LogP contribution < -0.4 is 28.5 Å². The van der Waals surface area contributed by atoms with Gasteiger partial charge in [-0.05, 0) is 50.8 Å². The minimum absolute atomic E-state index is 0. The van der Waals surface area contributed by atoms with E-state index in [1.54, 1.807) is 11.1 Å². The number of fused-ring (bicyclic) bond motifs is 3. The molecule has 26 heavy (non-hydrogen) atoms. The van der Waals surface area contributed by atoms with Crippen LogP contribution in [0.5, 0.6) is 0 Å². The molecule has 2 atom stereocenters. The molecule has 1 aromatic rings. The Bertz CT molecular complexity index is 531. The van der Waals surface area contributed by atoms with Gasteiger partial charge in [0.05, 0.1) is 0 Å². The van der Waals surface area contributed by atoms with E-state index in [0.29, 0.717) is 6.04 Å². The molecule has 1 aromatic heterocycles. The van der Waals surface area contributed by atoms with Crippen molar-refractivity contribution in [2.45, 2.75) is 96.6 Å². The summed E-state index contributed by atoms with van der Waals surface area (Å²) in [5.74, 6) is 0.904. The van der Waals surface area contributed by atoms with Gasteiger partial charge in [-0.15, -0.1) is 0 Å². The summed E-state index contributed by atoms with van der Waals surface area (Å²) in [6, 6.07) is 3.10. The molecule has 0 bridgehead atoms. The van der Waals surface area contributed by atoms with Gasteiger partial charge in [0.15, 0.2) is 12.4 Å². The Labute approximate surface area is 178 Å². The first-order valence-corrected chi connectivity index (χ1v) is 11.0. The molecule has 0 radical (unpaired) electrons. The van der Waals surface area contributed by atoms with E-state index in [2.05, 4.69) is 41.9 Å². The van der Waals surface area contributed by atoms with E-state index in [1.165, 1.54) is 90.1 Å². The molecule has 3 rings (SSSR count). The number of nitrogens with zero attached hydrogens (tertiary/aromatic N) is 2. The predicted octanol–water partition coefficient (Wildman–Crippen LogP) is 2.45. The van der Waals surface area contributed by atoms with Crippen LogP contribution in [0.25, 0.3) is 0 Å². The molecule has 0 aromatic carbocycles. The Morgan fingerprint density at radius 3 is 2.42 bits per heavy atom. The minimum Gasteiger partial charge on any atom is -1.00 e.